The Hall–Kier alpha value is -2.82. The van der Waals surface area contributed by atoms with Crippen LogP contribution in [0.2, 0.25) is 0 Å². The fraction of sp³-hybridized carbons (Fsp3) is 0.125. The van der Waals surface area contributed by atoms with Gasteiger partial charge in [0.25, 0.3) is 0 Å². The molecule has 2 aromatic rings. The van der Waals surface area contributed by atoms with E-state index >= 15 is 0 Å². The molecule has 0 fully saturated rings. The molecule has 5 nitrogen and oxygen atoms in total. The molecule has 3 aliphatic rings. The largest absolute Gasteiger partial charge is 0.458 e. The van der Waals surface area contributed by atoms with Crippen molar-refractivity contribution in [1.82, 2.24) is 0 Å². The number of carbonyl (C=O) groups excluding carboxylic acids is 2. The molecule has 5 heteroatoms. The van der Waals surface area contributed by atoms with Gasteiger partial charge in [0.1, 0.15) is 24.7 Å². The molecule has 21 heavy (non-hydrogen) atoms. The van der Waals surface area contributed by atoms with Gasteiger partial charge >= 0.3 is 11.9 Å². The minimum Gasteiger partial charge on any atom is -0.458 e. The van der Waals surface area contributed by atoms with Crippen LogP contribution in [0.4, 0.5) is 0 Å². The van der Waals surface area contributed by atoms with Crippen molar-refractivity contribution in [2.24, 2.45) is 0 Å². The van der Waals surface area contributed by atoms with Crippen LogP contribution < -0.4 is 4.74 Å². The maximum Gasteiger partial charge on any atom is 0.338 e. The Kier molecular flexibility index (Phi) is 3.55. The van der Waals surface area contributed by atoms with E-state index in [-0.39, 0.29) is 13.2 Å². The van der Waals surface area contributed by atoms with Crippen molar-refractivity contribution >= 4 is 11.9 Å². The third kappa shape index (κ3) is 3.02. The number of benzene rings is 2. The first-order valence-electron chi connectivity index (χ1n) is 6.44. The van der Waals surface area contributed by atoms with Crippen LogP contribution in [0.5, 0.6) is 11.5 Å². The van der Waals surface area contributed by atoms with Crippen molar-refractivity contribution in [3.8, 4) is 11.5 Å². The average Bonchev–Trinajstić information content (AvgIpc) is 2.53. The zero-order valence-corrected chi connectivity index (χ0v) is 11.1. The third-order valence-electron chi connectivity index (χ3n) is 2.97. The molecule has 5 rings (SSSR count). The van der Waals surface area contributed by atoms with Crippen LogP contribution in [0.15, 0.2) is 48.5 Å². The van der Waals surface area contributed by atoms with Crippen molar-refractivity contribution in [3.05, 3.63) is 59.7 Å². The molecule has 106 valence electrons. The lowest BCUT2D eigenvalue weighted by atomic mass is 10.2. The maximum atomic E-state index is 11.7. The van der Waals surface area contributed by atoms with E-state index < -0.39 is 11.9 Å². The normalized spacial score (nSPS) is 14.7. The Labute approximate surface area is 121 Å². The van der Waals surface area contributed by atoms with E-state index in [4.69, 9.17) is 14.2 Å². The van der Waals surface area contributed by atoms with Gasteiger partial charge in [-0.25, -0.2) is 9.59 Å². The second kappa shape index (κ2) is 5.66. The Balaban J connectivity index is 1.92. The van der Waals surface area contributed by atoms with Gasteiger partial charge in [0.2, 0.25) is 0 Å². The van der Waals surface area contributed by atoms with Gasteiger partial charge in [-0.15, -0.1) is 0 Å². The average molecular weight is 284 g/mol. The Bertz CT molecular complexity index is 599. The maximum absolute atomic E-state index is 11.7. The van der Waals surface area contributed by atoms with E-state index in [9.17, 15) is 9.59 Å². The molecule has 0 saturated heterocycles. The molecule has 2 aromatic carbocycles. The summed E-state index contributed by atoms with van der Waals surface area (Å²) in [6.45, 7) is 0.0296. The van der Waals surface area contributed by atoms with Crippen LogP contribution in [0.25, 0.3) is 0 Å². The van der Waals surface area contributed by atoms with Crippen LogP contribution in [0, 0.1) is 0 Å². The van der Waals surface area contributed by atoms with Crippen molar-refractivity contribution in [2.75, 3.05) is 13.2 Å². The summed E-state index contributed by atoms with van der Waals surface area (Å²) in [4.78, 5) is 23.5. The van der Waals surface area contributed by atoms with E-state index in [0.717, 1.165) is 0 Å². The molecule has 0 aromatic heterocycles. The molecule has 4 bridgehead atoms. The highest BCUT2D eigenvalue weighted by molar-refractivity contribution is 5.90. The SMILES string of the molecule is O=C1OCCOC(=O)c2ccc(cc2)Oc2ccc1cc2. The van der Waals surface area contributed by atoms with E-state index in [0.29, 0.717) is 22.6 Å². The van der Waals surface area contributed by atoms with E-state index in [2.05, 4.69) is 0 Å². The zero-order valence-electron chi connectivity index (χ0n) is 11.1. The number of ether oxygens (including phenoxy) is 3. The molecular weight excluding hydrogens is 272 g/mol. The summed E-state index contributed by atoms with van der Waals surface area (Å²) in [5.74, 6) is 0.257. The monoisotopic (exact) mass is 284 g/mol. The first kappa shape index (κ1) is 13.2. The number of fused-ring (bicyclic) bond motifs is 2. The summed E-state index contributed by atoms with van der Waals surface area (Å²) < 4.78 is 15.7. The fourth-order valence-corrected chi connectivity index (χ4v) is 1.89. The van der Waals surface area contributed by atoms with E-state index in [1.807, 2.05) is 0 Å². The lowest BCUT2D eigenvalue weighted by Crippen LogP contribution is -2.14. The Morgan fingerprint density at radius 1 is 0.619 bits per heavy atom. The number of carbonyl (C=O) groups is 2. The summed E-state index contributed by atoms with van der Waals surface area (Å²) >= 11 is 0. The molecular formula is C16H12O5. The lowest BCUT2D eigenvalue weighted by Gasteiger charge is -2.06. The lowest BCUT2D eigenvalue weighted by molar-refractivity contribution is 0.0265. The molecule has 3 heterocycles. The second-order valence-electron chi connectivity index (χ2n) is 4.42. The van der Waals surface area contributed by atoms with Crippen LogP contribution in [-0.2, 0) is 9.47 Å². The standard InChI is InChI=1S/C16H12O5/c17-15-11-1-5-13(6-2-11)21-14-7-3-12(4-8-14)16(18)20-10-9-19-15/h1-8H,9-10H2. The predicted molar refractivity (Wildman–Crippen MR) is 73.5 cm³/mol. The molecule has 3 aliphatic heterocycles. The molecule has 0 unspecified atom stereocenters. The highest BCUT2D eigenvalue weighted by Crippen LogP contribution is 2.22. The molecule has 0 radical (unpaired) electrons. The number of esters is 2. The van der Waals surface area contributed by atoms with Crippen LogP contribution in [-0.4, -0.2) is 25.2 Å². The zero-order chi connectivity index (χ0) is 14.7. The number of rotatable bonds is 0. The first-order chi connectivity index (χ1) is 10.2. The minimum absolute atomic E-state index is 0.0148. The topological polar surface area (TPSA) is 61.8 Å². The van der Waals surface area contributed by atoms with E-state index in [1.54, 1.807) is 48.5 Å². The van der Waals surface area contributed by atoms with Gasteiger partial charge in [0.05, 0.1) is 11.1 Å². The van der Waals surface area contributed by atoms with Crippen molar-refractivity contribution in [1.29, 1.82) is 0 Å². The molecule has 0 saturated carbocycles. The minimum atomic E-state index is -0.466. The molecule has 0 spiro atoms. The highest BCUT2D eigenvalue weighted by Gasteiger charge is 2.11. The second-order valence-corrected chi connectivity index (χ2v) is 4.42. The quantitative estimate of drug-likeness (QED) is 0.696. The van der Waals surface area contributed by atoms with Crippen molar-refractivity contribution in [2.45, 2.75) is 0 Å². The molecule has 0 aliphatic carbocycles. The van der Waals surface area contributed by atoms with Crippen molar-refractivity contribution in [3.63, 3.8) is 0 Å². The van der Waals surface area contributed by atoms with Gasteiger partial charge in [-0.1, -0.05) is 0 Å². The summed E-state index contributed by atoms with van der Waals surface area (Å²) in [5, 5.41) is 0. The summed E-state index contributed by atoms with van der Waals surface area (Å²) in [5.41, 5.74) is 0.830. The van der Waals surface area contributed by atoms with Crippen molar-refractivity contribution < 1.29 is 23.8 Å². The number of hydrogen-bond acceptors (Lipinski definition) is 5. The van der Waals surface area contributed by atoms with Gasteiger partial charge in [-0.05, 0) is 48.5 Å². The summed E-state index contributed by atoms with van der Waals surface area (Å²) in [6, 6.07) is 13.2. The van der Waals surface area contributed by atoms with E-state index in [1.165, 1.54) is 0 Å². The highest BCUT2D eigenvalue weighted by atomic mass is 16.6. The fourth-order valence-electron chi connectivity index (χ4n) is 1.89. The van der Waals surface area contributed by atoms with Crippen LogP contribution >= 0.6 is 0 Å². The van der Waals surface area contributed by atoms with Crippen LogP contribution in [0.3, 0.4) is 0 Å². The van der Waals surface area contributed by atoms with Gasteiger partial charge in [-0.2, -0.15) is 0 Å². The first-order valence-corrected chi connectivity index (χ1v) is 6.44. The summed E-state index contributed by atoms with van der Waals surface area (Å²) in [6.07, 6.45) is 0. The van der Waals surface area contributed by atoms with Gasteiger partial charge in [-0.3, -0.25) is 0 Å². The van der Waals surface area contributed by atoms with Gasteiger partial charge in [0, 0.05) is 0 Å². The predicted octanol–water partition coefficient (Wildman–Crippen LogP) is 2.81. The Morgan fingerprint density at radius 2 is 1.00 bits per heavy atom. The van der Waals surface area contributed by atoms with Crippen LogP contribution in [0.1, 0.15) is 20.7 Å². The molecule has 0 N–H and O–H groups in total. The smallest absolute Gasteiger partial charge is 0.338 e. The molecule has 0 atom stereocenters. The number of hydrogen-bond donors (Lipinski definition) is 0. The molecule has 0 amide bonds. The summed E-state index contributed by atoms with van der Waals surface area (Å²) in [7, 11) is 0. The third-order valence-corrected chi connectivity index (χ3v) is 2.97. The Morgan fingerprint density at radius 3 is 1.38 bits per heavy atom. The van der Waals surface area contributed by atoms with Gasteiger partial charge < -0.3 is 14.2 Å². The van der Waals surface area contributed by atoms with Gasteiger partial charge in [0.15, 0.2) is 0 Å².